The summed E-state index contributed by atoms with van der Waals surface area (Å²) in [6.07, 6.45) is 2.01. The highest BCUT2D eigenvalue weighted by Gasteiger charge is 2.27. The smallest absolute Gasteiger partial charge is 0.263 e. The molecule has 0 saturated carbocycles. The van der Waals surface area contributed by atoms with Crippen LogP contribution in [0.4, 0.5) is 11.4 Å². The van der Waals surface area contributed by atoms with Crippen LogP contribution in [0.3, 0.4) is 0 Å². The van der Waals surface area contributed by atoms with Gasteiger partial charge in [-0.25, -0.2) is 16.8 Å². The number of rotatable bonds is 6. The molecule has 2 aromatic carbocycles. The largest absolute Gasteiger partial charge is 0.280 e. The van der Waals surface area contributed by atoms with Gasteiger partial charge < -0.3 is 0 Å². The summed E-state index contributed by atoms with van der Waals surface area (Å²) >= 11 is 6.00. The van der Waals surface area contributed by atoms with Crippen molar-refractivity contribution in [2.45, 2.75) is 31.1 Å². The molecule has 1 N–H and O–H groups in total. The molecule has 1 heterocycles. The highest BCUT2D eigenvalue weighted by molar-refractivity contribution is 7.93. The van der Waals surface area contributed by atoms with Gasteiger partial charge in [0.05, 0.1) is 22.2 Å². The molecule has 0 saturated heterocycles. The Morgan fingerprint density at radius 3 is 2.56 bits per heavy atom. The summed E-state index contributed by atoms with van der Waals surface area (Å²) in [6.45, 7) is 2.21. The van der Waals surface area contributed by atoms with Gasteiger partial charge in [-0.1, -0.05) is 36.7 Å². The van der Waals surface area contributed by atoms with Crippen molar-refractivity contribution in [3.8, 4) is 0 Å². The Hall–Kier alpha value is -1.77. The van der Waals surface area contributed by atoms with E-state index in [0.29, 0.717) is 24.3 Å². The number of halogens is 1. The second kappa shape index (κ2) is 7.69. The number of sulfonamides is 2. The standard InChI is InChI=1S/C18H21ClN2O4S2/c1-2-12-26(22,23)21-11-5-6-14-9-10-15(13-17(14)21)20-27(24,25)18-8-4-3-7-16(18)19/h3-4,7-10,13,20H,2,5-6,11-12H2,1H3. The van der Waals surface area contributed by atoms with Crippen LogP contribution in [0.25, 0.3) is 0 Å². The van der Waals surface area contributed by atoms with Crippen molar-refractivity contribution >= 4 is 43.0 Å². The average Bonchev–Trinajstić information content (AvgIpc) is 2.61. The quantitative estimate of drug-likeness (QED) is 0.761. The predicted octanol–water partition coefficient (Wildman–Crippen LogP) is 3.63. The summed E-state index contributed by atoms with van der Waals surface area (Å²) < 4.78 is 54.3. The second-order valence-electron chi connectivity index (χ2n) is 6.37. The van der Waals surface area contributed by atoms with E-state index in [0.717, 1.165) is 18.4 Å². The van der Waals surface area contributed by atoms with Gasteiger partial charge in [-0.05, 0) is 49.1 Å². The minimum atomic E-state index is -3.88. The SMILES string of the molecule is CCCS(=O)(=O)N1CCCc2ccc(NS(=O)(=O)c3ccccc3Cl)cc21. The van der Waals surface area contributed by atoms with E-state index in [1.807, 2.05) is 6.92 Å². The molecule has 3 rings (SSSR count). The Balaban J connectivity index is 1.97. The van der Waals surface area contributed by atoms with Crippen LogP contribution in [0.2, 0.25) is 5.02 Å². The van der Waals surface area contributed by atoms with Crippen LogP contribution < -0.4 is 9.03 Å². The first kappa shape index (κ1) is 20.0. The molecular weight excluding hydrogens is 408 g/mol. The number of benzene rings is 2. The molecule has 0 bridgehead atoms. The normalized spacial score (nSPS) is 14.7. The molecule has 2 aromatic rings. The topological polar surface area (TPSA) is 83.6 Å². The van der Waals surface area contributed by atoms with Gasteiger partial charge in [0.15, 0.2) is 0 Å². The lowest BCUT2D eigenvalue weighted by molar-refractivity contribution is 0.585. The van der Waals surface area contributed by atoms with Gasteiger partial charge in [0, 0.05) is 6.54 Å². The molecule has 0 amide bonds. The van der Waals surface area contributed by atoms with Gasteiger partial charge in [-0.3, -0.25) is 9.03 Å². The number of nitrogens with one attached hydrogen (secondary N) is 1. The third-order valence-corrected chi connectivity index (χ3v) is 8.19. The van der Waals surface area contributed by atoms with Crippen LogP contribution in [-0.2, 0) is 26.5 Å². The van der Waals surface area contributed by atoms with Crippen molar-refractivity contribution in [2.24, 2.45) is 0 Å². The molecule has 0 fully saturated rings. The van der Waals surface area contributed by atoms with Crippen molar-refractivity contribution in [1.82, 2.24) is 0 Å². The van der Waals surface area contributed by atoms with Crippen LogP contribution in [0.5, 0.6) is 0 Å². The van der Waals surface area contributed by atoms with Gasteiger partial charge in [-0.2, -0.15) is 0 Å². The minimum absolute atomic E-state index is 0.0279. The molecule has 27 heavy (non-hydrogen) atoms. The van der Waals surface area contributed by atoms with E-state index in [-0.39, 0.29) is 15.7 Å². The molecule has 9 heteroatoms. The Morgan fingerprint density at radius 1 is 1.11 bits per heavy atom. The first-order valence-electron chi connectivity index (χ1n) is 8.65. The van der Waals surface area contributed by atoms with Crippen molar-refractivity contribution < 1.29 is 16.8 Å². The minimum Gasteiger partial charge on any atom is -0.280 e. The second-order valence-corrected chi connectivity index (χ2v) is 10.4. The van der Waals surface area contributed by atoms with Gasteiger partial charge in [0.25, 0.3) is 10.0 Å². The van der Waals surface area contributed by atoms with Crippen LogP contribution in [0.15, 0.2) is 47.4 Å². The van der Waals surface area contributed by atoms with E-state index in [1.165, 1.54) is 16.4 Å². The van der Waals surface area contributed by atoms with Crippen molar-refractivity contribution in [1.29, 1.82) is 0 Å². The molecule has 0 radical (unpaired) electrons. The van der Waals surface area contributed by atoms with Crippen LogP contribution in [-0.4, -0.2) is 29.1 Å². The van der Waals surface area contributed by atoms with E-state index in [4.69, 9.17) is 11.6 Å². The Labute approximate surface area is 165 Å². The van der Waals surface area contributed by atoms with E-state index < -0.39 is 20.0 Å². The number of anilines is 2. The maximum absolute atomic E-state index is 12.6. The Bertz CT molecular complexity index is 1050. The summed E-state index contributed by atoms with van der Waals surface area (Å²) in [4.78, 5) is -0.0279. The molecule has 0 spiro atoms. The fourth-order valence-corrected chi connectivity index (χ4v) is 6.32. The Morgan fingerprint density at radius 2 is 1.85 bits per heavy atom. The molecular formula is C18H21ClN2O4S2. The summed E-state index contributed by atoms with van der Waals surface area (Å²) in [6, 6.07) is 11.2. The summed E-state index contributed by atoms with van der Waals surface area (Å²) in [7, 11) is -7.31. The molecule has 6 nitrogen and oxygen atoms in total. The fraction of sp³-hybridized carbons (Fsp3) is 0.333. The first-order chi connectivity index (χ1) is 12.7. The maximum atomic E-state index is 12.6. The molecule has 1 aliphatic rings. The summed E-state index contributed by atoms with van der Waals surface area (Å²) in [5.74, 6) is 0.0576. The van der Waals surface area contributed by atoms with Crippen LogP contribution >= 0.6 is 11.6 Å². The lowest BCUT2D eigenvalue weighted by Gasteiger charge is -2.31. The van der Waals surface area contributed by atoms with Crippen molar-refractivity contribution in [3.05, 3.63) is 53.1 Å². The number of hydrogen-bond acceptors (Lipinski definition) is 4. The number of fused-ring (bicyclic) bond motifs is 1. The van der Waals surface area contributed by atoms with E-state index >= 15 is 0 Å². The number of aryl methyl sites for hydroxylation is 1. The Kier molecular flexibility index (Phi) is 5.69. The fourth-order valence-electron chi connectivity index (χ4n) is 3.13. The molecule has 0 aromatic heterocycles. The predicted molar refractivity (Wildman–Crippen MR) is 108 cm³/mol. The summed E-state index contributed by atoms with van der Waals surface area (Å²) in [5.41, 5.74) is 1.72. The lowest BCUT2D eigenvalue weighted by Crippen LogP contribution is -2.37. The van der Waals surface area contributed by atoms with Gasteiger partial charge >= 0.3 is 0 Å². The maximum Gasteiger partial charge on any atom is 0.263 e. The monoisotopic (exact) mass is 428 g/mol. The van der Waals surface area contributed by atoms with Crippen LogP contribution in [0.1, 0.15) is 25.3 Å². The van der Waals surface area contributed by atoms with Crippen molar-refractivity contribution in [3.63, 3.8) is 0 Å². The first-order valence-corrected chi connectivity index (χ1v) is 12.1. The molecule has 0 aliphatic carbocycles. The van der Waals surface area contributed by atoms with Gasteiger partial charge in [0.2, 0.25) is 10.0 Å². The molecule has 1 aliphatic heterocycles. The third kappa shape index (κ3) is 4.23. The van der Waals surface area contributed by atoms with Crippen LogP contribution in [0, 0.1) is 0 Å². The zero-order chi connectivity index (χ0) is 19.7. The van der Waals surface area contributed by atoms with E-state index in [9.17, 15) is 16.8 Å². The average molecular weight is 429 g/mol. The lowest BCUT2D eigenvalue weighted by atomic mass is 10.0. The molecule has 0 atom stereocenters. The molecule has 146 valence electrons. The number of nitrogens with zero attached hydrogens (tertiary/aromatic N) is 1. The zero-order valence-corrected chi connectivity index (χ0v) is 17.2. The van der Waals surface area contributed by atoms with Crippen molar-refractivity contribution in [2.75, 3.05) is 21.3 Å². The van der Waals surface area contributed by atoms with E-state index in [1.54, 1.807) is 30.3 Å². The zero-order valence-electron chi connectivity index (χ0n) is 14.9. The third-order valence-electron chi connectivity index (χ3n) is 4.34. The van der Waals surface area contributed by atoms with Gasteiger partial charge in [-0.15, -0.1) is 0 Å². The molecule has 0 unspecified atom stereocenters. The van der Waals surface area contributed by atoms with Gasteiger partial charge in [0.1, 0.15) is 4.90 Å². The van der Waals surface area contributed by atoms with E-state index in [2.05, 4.69) is 4.72 Å². The highest BCUT2D eigenvalue weighted by atomic mass is 35.5. The summed E-state index contributed by atoms with van der Waals surface area (Å²) in [5, 5.41) is 0.120. The number of hydrogen-bond donors (Lipinski definition) is 1. The highest BCUT2D eigenvalue weighted by Crippen LogP contribution is 2.33.